The van der Waals surface area contributed by atoms with Crippen molar-refractivity contribution < 1.29 is 19.2 Å². The summed E-state index contributed by atoms with van der Waals surface area (Å²) in [7, 11) is 0. The van der Waals surface area contributed by atoms with Crippen LogP contribution in [0, 0.1) is 13.8 Å². The molecule has 1 aromatic heterocycles. The highest BCUT2D eigenvalue weighted by atomic mass is 32.1. The lowest BCUT2D eigenvalue weighted by Gasteiger charge is -2.34. The quantitative estimate of drug-likeness (QED) is 0.838. The molecule has 0 saturated carbocycles. The SMILES string of the molecule is Cc1ccc(-c2csc(NC(=O)C[NH+]3CCC4(CC3)OCCO4)n2)cc1C. The Kier molecular flexibility index (Phi) is 5.27. The van der Waals surface area contributed by atoms with Gasteiger partial charge in [0.2, 0.25) is 0 Å². The first-order valence-electron chi connectivity index (χ1n) is 9.47. The first kappa shape index (κ1) is 18.6. The van der Waals surface area contributed by atoms with E-state index in [2.05, 4.69) is 42.3 Å². The van der Waals surface area contributed by atoms with E-state index in [4.69, 9.17) is 9.47 Å². The first-order chi connectivity index (χ1) is 13.0. The maximum absolute atomic E-state index is 12.4. The van der Waals surface area contributed by atoms with Gasteiger partial charge in [0.15, 0.2) is 17.5 Å². The van der Waals surface area contributed by atoms with Crippen LogP contribution in [0.2, 0.25) is 0 Å². The van der Waals surface area contributed by atoms with Crippen molar-refractivity contribution >= 4 is 22.4 Å². The number of hydrogen-bond donors (Lipinski definition) is 2. The third kappa shape index (κ3) is 4.21. The maximum Gasteiger partial charge on any atom is 0.281 e. The molecule has 1 spiro atoms. The van der Waals surface area contributed by atoms with Gasteiger partial charge < -0.3 is 14.4 Å². The number of benzene rings is 1. The summed E-state index contributed by atoms with van der Waals surface area (Å²) in [4.78, 5) is 18.3. The molecule has 2 N–H and O–H groups in total. The number of nitrogens with zero attached hydrogens (tertiary/aromatic N) is 1. The van der Waals surface area contributed by atoms with Crippen LogP contribution in [0.3, 0.4) is 0 Å². The van der Waals surface area contributed by atoms with Gasteiger partial charge in [0.05, 0.1) is 44.8 Å². The number of aromatic nitrogens is 1. The smallest absolute Gasteiger partial charge is 0.281 e. The fourth-order valence-electron chi connectivity index (χ4n) is 3.70. The summed E-state index contributed by atoms with van der Waals surface area (Å²) >= 11 is 1.47. The molecule has 144 valence electrons. The standard InChI is InChI=1S/C20H25N3O3S/c1-14-3-4-16(11-15(14)2)17-13-27-19(21-17)22-18(24)12-23-7-5-20(6-8-23)25-9-10-26-20/h3-4,11,13H,5-10,12H2,1-2H3,(H,21,22,24)/p+1. The summed E-state index contributed by atoms with van der Waals surface area (Å²) in [6.45, 7) is 7.79. The maximum atomic E-state index is 12.4. The number of amides is 1. The highest BCUT2D eigenvalue weighted by Gasteiger charge is 2.42. The van der Waals surface area contributed by atoms with Gasteiger partial charge in [-0.25, -0.2) is 4.98 Å². The number of nitrogens with one attached hydrogen (secondary N) is 2. The molecule has 2 aliphatic rings. The van der Waals surface area contributed by atoms with E-state index in [9.17, 15) is 4.79 Å². The lowest BCUT2D eigenvalue weighted by Crippen LogP contribution is -3.14. The summed E-state index contributed by atoms with van der Waals surface area (Å²) in [6, 6.07) is 6.31. The van der Waals surface area contributed by atoms with Crippen molar-refractivity contribution in [1.82, 2.24) is 4.98 Å². The molecule has 0 aliphatic carbocycles. The Hall–Kier alpha value is -1.80. The summed E-state index contributed by atoms with van der Waals surface area (Å²) in [5.41, 5.74) is 4.49. The van der Waals surface area contributed by atoms with Crippen LogP contribution in [0.25, 0.3) is 11.3 Å². The second-order valence-corrected chi connectivity index (χ2v) is 8.28. The Balaban J connectivity index is 1.31. The Morgan fingerprint density at radius 1 is 1.22 bits per heavy atom. The summed E-state index contributed by atoms with van der Waals surface area (Å²) in [5.74, 6) is -0.369. The molecule has 1 aromatic carbocycles. The summed E-state index contributed by atoms with van der Waals surface area (Å²) in [6.07, 6.45) is 1.70. The zero-order chi connectivity index (χ0) is 18.9. The van der Waals surface area contributed by atoms with E-state index in [1.165, 1.54) is 27.4 Å². The summed E-state index contributed by atoms with van der Waals surface area (Å²) in [5, 5.41) is 5.60. The van der Waals surface area contributed by atoms with E-state index in [1.54, 1.807) is 0 Å². The summed E-state index contributed by atoms with van der Waals surface area (Å²) < 4.78 is 11.5. The minimum Gasteiger partial charge on any atom is -0.347 e. The van der Waals surface area contributed by atoms with Gasteiger partial charge in [-0.05, 0) is 31.0 Å². The number of hydrogen-bond acceptors (Lipinski definition) is 5. The minimum atomic E-state index is -0.379. The Labute approximate surface area is 163 Å². The topological polar surface area (TPSA) is 64.9 Å². The van der Waals surface area contributed by atoms with Crippen molar-refractivity contribution in [3.63, 3.8) is 0 Å². The van der Waals surface area contributed by atoms with Crippen molar-refractivity contribution in [2.24, 2.45) is 0 Å². The van der Waals surface area contributed by atoms with Crippen LogP contribution in [-0.4, -0.2) is 49.5 Å². The molecule has 0 bridgehead atoms. The number of aryl methyl sites for hydroxylation is 2. The Morgan fingerprint density at radius 3 is 2.67 bits per heavy atom. The average molecular weight is 389 g/mol. The van der Waals surface area contributed by atoms with Crippen LogP contribution in [-0.2, 0) is 14.3 Å². The van der Waals surface area contributed by atoms with Gasteiger partial charge in [0, 0.05) is 10.9 Å². The number of rotatable bonds is 4. The van der Waals surface area contributed by atoms with Gasteiger partial charge in [-0.3, -0.25) is 10.1 Å². The normalized spacial score (nSPS) is 19.5. The zero-order valence-electron chi connectivity index (χ0n) is 15.8. The van der Waals surface area contributed by atoms with Crippen molar-refractivity contribution in [3.05, 3.63) is 34.7 Å². The van der Waals surface area contributed by atoms with Crippen LogP contribution >= 0.6 is 11.3 Å². The van der Waals surface area contributed by atoms with E-state index < -0.39 is 0 Å². The molecule has 2 aromatic rings. The number of carbonyl (C=O) groups excluding carboxylic acids is 1. The number of likely N-dealkylation sites (tertiary alicyclic amines) is 1. The van der Waals surface area contributed by atoms with E-state index in [-0.39, 0.29) is 11.7 Å². The molecule has 0 radical (unpaired) electrons. The van der Waals surface area contributed by atoms with Gasteiger partial charge in [0.25, 0.3) is 5.91 Å². The number of quaternary nitrogens is 1. The lowest BCUT2D eigenvalue weighted by atomic mass is 10.0. The highest BCUT2D eigenvalue weighted by Crippen LogP contribution is 2.28. The van der Waals surface area contributed by atoms with Crippen molar-refractivity contribution in [2.75, 3.05) is 38.2 Å². The van der Waals surface area contributed by atoms with Crippen LogP contribution in [0.1, 0.15) is 24.0 Å². The van der Waals surface area contributed by atoms with Gasteiger partial charge in [0.1, 0.15) is 0 Å². The predicted molar refractivity (Wildman–Crippen MR) is 105 cm³/mol. The molecule has 2 saturated heterocycles. The van der Waals surface area contributed by atoms with Gasteiger partial charge in [-0.1, -0.05) is 12.1 Å². The van der Waals surface area contributed by atoms with E-state index >= 15 is 0 Å². The van der Waals surface area contributed by atoms with Crippen molar-refractivity contribution in [1.29, 1.82) is 0 Å². The molecule has 7 heteroatoms. The second-order valence-electron chi connectivity index (χ2n) is 7.42. The second kappa shape index (κ2) is 7.67. The third-order valence-corrected chi connectivity index (χ3v) is 6.25. The molecule has 0 unspecified atom stereocenters. The first-order valence-corrected chi connectivity index (χ1v) is 10.4. The van der Waals surface area contributed by atoms with Crippen molar-refractivity contribution in [3.8, 4) is 11.3 Å². The van der Waals surface area contributed by atoms with Crippen LogP contribution < -0.4 is 10.2 Å². The highest BCUT2D eigenvalue weighted by molar-refractivity contribution is 7.14. The van der Waals surface area contributed by atoms with Crippen LogP contribution in [0.4, 0.5) is 5.13 Å². The largest absolute Gasteiger partial charge is 0.347 e. The average Bonchev–Trinajstić information content (AvgIpc) is 3.30. The lowest BCUT2D eigenvalue weighted by molar-refractivity contribution is -0.900. The molecule has 6 nitrogen and oxygen atoms in total. The van der Waals surface area contributed by atoms with E-state index in [1.807, 2.05) is 5.38 Å². The Bertz CT molecular complexity index is 820. The monoisotopic (exact) mass is 388 g/mol. The van der Waals surface area contributed by atoms with E-state index in [0.717, 1.165) is 37.2 Å². The fourth-order valence-corrected chi connectivity index (χ4v) is 4.44. The molecule has 2 fully saturated rings. The zero-order valence-corrected chi connectivity index (χ0v) is 16.7. The molecule has 1 amide bonds. The molecular formula is C20H26N3O3S+. The molecular weight excluding hydrogens is 362 g/mol. The molecule has 2 aliphatic heterocycles. The number of piperidine rings is 1. The van der Waals surface area contributed by atoms with Crippen LogP contribution in [0.15, 0.2) is 23.6 Å². The van der Waals surface area contributed by atoms with Gasteiger partial charge >= 0.3 is 0 Å². The third-order valence-electron chi connectivity index (χ3n) is 5.50. The number of thiazole rings is 1. The van der Waals surface area contributed by atoms with E-state index in [0.29, 0.717) is 24.9 Å². The Morgan fingerprint density at radius 2 is 1.96 bits per heavy atom. The molecule has 3 heterocycles. The predicted octanol–water partition coefficient (Wildman–Crippen LogP) is 1.79. The number of ether oxygens (including phenoxy) is 2. The van der Waals surface area contributed by atoms with Crippen LogP contribution in [0.5, 0.6) is 0 Å². The van der Waals surface area contributed by atoms with Gasteiger partial charge in [-0.2, -0.15) is 0 Å². The number of anilines is 1. The number of carbonyl (C=O) groups is 1. The fraction of sp³-hybridized carbons (Fsp3) is 0.500. The minimum absolute atomic E-state index is 0.00944. The van der Waals surface area contributed by atoms with Crippen molar-refractivity contribution in [2.45, 2.75) is 32.5 Å². The molecule has 4 rings (SSSR count). The van der Waals surface area contributed by atoms with Gasteiger partial charge in [-0.15, -0.1) is 11.3 Å². The molecule has 27 heavy (non-hydrogen) atoms. The molecule has 0 atom stereocenters.